The molecule has 1 saturated heterocycles. The molecule has 0 saturated carbocycles. The lowest BCUT2D eigenvalue weighted by Crippen LogP contribution is -2.55. The summed E-state index contributed by atoms with van der Waals surface area (Å²) in [5, 5.41) is 31.7. The van der Waals surface area contributed by atoms with Gasteiger partial charge in [0.2, 0.25) is 0 Å². The minimum absolute atomic E-state index is 0.353. The zero-order valence-corrected chi connectivity index (χ0v) is 19.8. The van der Waals surface area contributed by atoms with Crippen molar-refractivity contribution in [2.75, 3.05) is 13.7 Å². The number of aromatic nitrogens is 4. The van der Waals surface area contributed by atoms with Gasteiger partial charge in [-0.25, -0.2) is 14.1 Å². The fourth-order valence-corrected chi connectivity index (χ4v) is 5.88. The summed E-state index contributed by atoms with van der Waals surface area (Å²) in [6, 6.07) is 3.88. The summed E-state index contributed by atoms with van der Waals surface area (Å²) in [6.45, 7) is 1.47. The zero-order chi connectivity index (χ0) is 22.1. The van der Waals surface area contributed by atoms with Crippen molar-refractivity contribution in [3.05, 3.63) is 45.8 Å². The first-order chi connectivity index (χ1) is 14.9. The fraction of sp³-hybridized carbons (Fsp3) is 0.421. The Labute approximate surface area is 194 Å². The van der Waals surface area contributed by atoms with Crippen molar-refractivity contribution in [2.24, 2.45) is 0 Å². The van der Waals surface area contributed by atoms with Crippen LogP contribution < -0.4 is 0 Å². The van der Waals surface area contributed by atoms with Crippen molar-refractivity contribution >= 4 is 39.0 Å². The average molecular weight is 531 g/mol. The number of thioether (sulfide) groups is 1. The van der Waals surface area contributed by atoms with Gasteiger partial charge in [0.05, 0.1) is 12.8 Å². The standard InChI is InChI=1S/C19H20BrFN4O4S2/c1-9-8-30-18(22-9)12-6-25(24-23-12)15-16(27)13(7-26)29-19(17(15)28-2)31-14-5-10(20)3-4-11(14)21/h3-6,8,13,15-17,19,26-27H,7H2,1-2H3. The Morgan fingerprint density at radius 2 is 2.23 bits per heavy atom. The monoisotopic (exact) mass is 530 g/mol. The van der Waals surface area contributed by atoms with Gasteiger partial charge in [0.25, 0.3) is 0 Å². The molecule has 0 radical (unpaired) electrons. The maximum Gasteiger partial charge on any atom is 0.145 e. The van der Waals surface area contributed by atoms with Crippen LogP contribution in [0.1, 0.15) is 11.7 Å². The van der Waals surface area contributed by atoms with Crippen LogP contribution in [-0.4, -0.2) is 67.7 Å². The van der Waals surface area contributed by atoms with E-state index < -0.39 is 42.2 Å². The van der Waals surface area contributed by atoms with E-state index in [1.807, 2.05) is 12.3 Å². The maximum atomic E-state index is 14.4. The summed E-state index contributed by atoms with van der Waals surface area (Å²) in [4.78, 5) is 4.76. The van der Waals surface area contributed by atoms with Crippen molar-refractivity contribution in [1.82, 2.24) is 20.0 Å². The topological polar surface area (TPSA) is 103 Å². The summed E-state index contributed by atoms with van der Waals surface area (Å²) >= 11 is 5.91. The first-order valence-corrected chi connectivity index (χ1v) is 11.9. The minimum Gasteiger partial charge on any atom is -0.394 e. The van der Waals surface area contributed by atoms with Crippen molar-refractivity contribution in [3.63, 3.8) is 0 Å². The smallest absolute Gasteiger partial charge is 0.145 e. The van der Waals surface area contributed by atoms with Gasteiger partial charge in [-0.1, -0.05) is 32.9 Å². The summed E-state index contributed by atoms with van der Waals surface area (Å²) in [5.74, 6) is -0.406. The van der Waals surface area contributed by atoms with Crippen LogP contribution >= 0.6 is 39.0 Å². The number of rotatable bonds is 6. The number of aliphatic hydroxyl groups excluding tert-OH is 2. The number of ether oxygens (including phenoxy) is 2. The highest BCUT2D eigenvalue weighted by Gasteiger charge is 2.47. The molecule has 166 valence electrons. The Morgan fingerprint density at radius 1 is 1.42 bits per heavy atom. The van der Waals surface area contributed by atoms with Crippen LogP contribution in [0.2, 0.25) is 0 Å². The first-order valence-electron chi connectivity index (χ1n) is 9.34. The third-order valence-electron chi connectivity index (χ3n) is 4.89. The van der Waals surface area contributed by atoms with Crippen molar-refractivity contribution < 1.29 is 24.1 Å². The van der Waals surface area contributed by atoms with Crippen LogP contribution in [0.5, 0.6) is 0 Å². The van der Waals surface area contributed by atoms with E-state index in [1.165, 1.54) is 29.2 Å². The molecule has 3 aromatic rings. The number of methoxy groups -OCH3 is 1. The number of aliphatic hydroxyl groups is 2. The van der Waals surface area contributed by atoms with Crippen LogP contribution in [0.25, 0.3) is 10.7 Å². The van der Waals surface area contributed by atoms with Crippen LogP contribution in [0, 0.1) is 12.7 Å². The van der Waals surface area contributed by atoms with Gasteiger partial charge < -0.3 is 19.7 Å². The maximum absolute atomic E-state index is 14.4. The molecule has 1 aliphatic heterocycles. The Kier molecular flexibility index (Phi) is 7.06. The van der Waals surface area contributed by atoms with Crippen molar-refractivity contribution in [3.8, 4) is 10.7 Å². The van der Waals surface area contributed by atoms with Crippen LogP contribution in [-0.2, 0) is 9.47 Å². The molecule has 3 heterocycles. The molecular weight excluding hydrogens is 511 g/mol. The van der Waals surface area contributed by atoms with E-state index >= 15 is 0 Å². The van der Waals surface area contributed by atoms with Gasteiger partial charge in [-0.3, -0.25) is 0 Å². The predicted octanol–water partition coefficient (Wildman–Crippen LogP) is 3.04. The second-order valence-corrected chi connectivity index (χ2v) is 9.89. The van der Waals surface area contributed by atoms with E-state index in [1.54, 1.807) is 18.3 Å². The molecule has 1 aromatic carbocycles. The van der Waals surface area contributed by atoms with Gasteiger partial charge >= 0.3 is 0 Å². The molecule has 1 fully saturated rings. The highest BCUT2D eigenvalue weighted by Crippen LogP contribution is 2.40. The lowest BCUT2D eigenvalue weighted by molar-refractivity contribution is -0.186. The lowest BCUT2D eigenvalue weighted by Gasteiger charge is -2.43. The molecule has 4 rings (SSSR count). The third-order valence-corrected chi connectivity index (χ3v) is 7.54. The fourth-order valence-electron chi connectivity index (χ4n) is 3.39. The van der Waals surface area contributed by atoms with Gasteiger partial charge in [-0.05, 0) is 25.1 Å². The van der Waals surface area contributed by atoms with E-state index in [4.69, 9.17) is 9.47 Å². The highest BCUT2D eigenvalue weighted by atomic mass is 79.9. The van der Waals surface area contributed by atoms with Gasteiger partial charge in [-0.15, -0.1) is 16.4 Å². The minimum atomic E-state index is -1.12. The number of thiazole rings is 1. The van der Waals surface area contributed by atoms with E-state index in [0.717, 1.165) is 21.9 Å². The molecule has 0 spiro atoms. The quantitative estimate of drug-likeness (QED) is 0.501. The van der Waals surface area contributed by atoms with Gasteiger partial charge in [-0.2, -0.15) is 0 Å². The van der Waals surface area contributed by atoms with Crippen LogP contribution in [0.4, 0.5) is 4.39 Å². The average Bonchev–Trinajstić information content (AvgIpc) is 3.40. The molecular formula is C19H20BrFN4O4S2. The molecule has 0 bridgehead atoms. The molecule has 8 nitrogen and oxygen atoms in total. The second kappa shape index (κ2) is 9.61. The molecule has 12 heteroatoms. The number of aryl methyl sites for hydroxylation is 1. The Morgan fingerprint density at radius 3 is 2.90 bits per heavy atom. The van der Waals surface area contributed by atoms with E-state index in [-0.39, 0.29) is 0 Å². The Bertz CT molecular complexity index is 1050. The van der Waals surface area contributed by atoms with Gasteiger partial charge in [0, 0.05) is 27.6 Å². The molecule has 5 atom stereocenters. The zero-order valence-electron chi connectivity index (χ0n) is 16.6. The SMILES string of the molecule is COC1C(Sc2cc(Br)ccc2F)OC(CO)C(O)C1n1cc(-c2nc(C)cs2)nn1. The first kappa shape index (κ1) is 22.8. The van der Waals surface area contributed by atoms with E-state index in [9.17, 15) is 14.6 Å². The molecule has 31 heavy (non-hydrogen) atoms. The normalized spacial score (nSPS) is 26.3. The molecule has 2 N–H and O–H groups in total. The molecule has 0 amide bonds. The number of halogens is 2. The molecule has 2 aromatic heterocycles. The molecule has 0 aliphatic carbocycles. The number of hydrogen-bond acceptors (Lipinski definition) is 9. The Balaban J connectivity index is 1.66. The summed E-state index contributed by atoms with van der Waals surface area (Å²) < 4.78 is 28.1. The van der Waals surface area contributed by atoms with E-state index in [0.29, 0.717) is 15.6 Å². The number of hydrogen-bond donors (Lipinski definition) is 2. The summed E-state index contributed by atoms with van der Waals surface area (Å²) in [7, 11) is 1.49. The summed E-state index contributed by atoms with van der Waals surface area (Å²) in [5.41, 5.74) is 0.729. The summed E-state index contributed by atoms with van der Waals surface area (Å²) in [6.07, 6.45) is -1.04. The highest BCUT2D eigenvalue weighted by molar-refractivity contribution is 9.10. The third kappa shape index (κ3) is 4.70. The number of benzene rings is 1. The van der Waals surface area contributed by atoms with Crippen LogP contribution in [0.3, 0.4) is 0 Å². The van der Waals surface area contributed by atoms with Gasteiger partial charge in [0.15, 0.2) is 0 Å². The van der Waals surface area contributed by atoms with Crippen LogP contribution in [0.15, 0.2) is 39.1 Å². The predicted molar refractivity (Wildman–Crippen MR) is 117 cm³/mol. The van der Waals surface area contributed by atoms with Crippen molar-refractivity contribution in [1.29, 1.82) is 0 Å². The molecule has 5 unspecified atom stereocenters. The van der Waals surface area contributed by atoms with Gasteiger partial charge in [0.1, 0.15) is 46.3 Å². The van der Waals surface area contributed by atoms with E-state index in [2.05, 4.69) is 31.2 Å². The second-order valence-electron chi connectivity index (χ2n) is 6.98. The number of nitrogens with zero attached hydrogens (tertiary/aromatic N) is 4. The Hall–Kier alpha value is -1.41. The lowest BCUT2D eigenvalue weighted by atomic mass is 9.97. The molecule has 1 aliphatic rings. The largest absolute Gasteiger partial charge is 0.394 e. The van der Waals surface area contributed by atoms with Crippen molar-refractivity contribution in [2.45, 2.75) is 41.6 Å².